The molecule has 1 aromatic heterocycles. The summed E-state index contributed by atoms with van der Waals surface area (Å²) >= 11 is 0. The number of nitrogens with two attached hydrogens (primary N) is 2. The fourth-order valence-electron chi connectivity index (χ4n) is 2.52. The molecule has 1 aromatic rings. The highest BCUT2D eigenvalue weighted by Gasteiger charge is 2.24. The Morgan fingerprint density at radius 2 is 2.10 bits per heavy atom. The van der Waals surface area contributed by atoms with Crippen LogP contribution in [-0.2, 0) is 11.3 Å². The molecule has 0 aromatic carbocycles. The lowest BCUT2D eigenvalue weighted by molar-refractivity contribution is -0.123. The van der Waals surface area contributed by atoms with Gasteiger partial charge in [-0.25, -0.2) is 5.84 Å². The van der Waals surface area contributed by atoms with E-state index >= 15 is 0 Å². The van der Waals surface area contributed by atoms with E-state index in [4.69, 9.17) is 16.0 Å². The Labute approximate surface area is 117 Å². The summed E-state index contributed by atoms with van der Waals surface area (Å²) < 4.78 is 5.56. The van der Waals surface area contributed by atoms with Crippen LogP contribution >= 0.6 is 0 Å². The molecule has 1 saturated heterocycles. The van der Waals surface area contributed by atoms with Gasteiger partial charge < -0.3 is 10.2 Å². The molecule has 7 heteroatoms. The van der Waals surface area contributed by atoms with Crippen molar-refractivity contribution in [2.75, 3.05) is 13.1 Å². The van der Waals surface area contributed by atoms with Crippen LogP contribution in [0, 0.1) is 12.8 Å². The van der Waals surface area contributed by atoms with Crippen molar-refractivity contribution in [2.45, 2.75) is 26.3 Å². The van der Waals surface area contributed by atoms with E-state index in [1.54, 1.807) is 13.0 Å². The normalized spacial score (nSPS) is 17.1. The number of furan rings is 1. The number of carbonyl (C=O) groups is 2. The van der Waals surface area contributed by atoms with Crippen molar-refractivity contribution in [3.63, 3.8) is 0 Å². The number of hydrogen-bond donors (Lipinski definition) is 3. The second-order valence-electron chi connectivity index (χ2n) is 5.11. The van der Waals surface area contributed by atoms with Gasteiger partial charge in [-0.05, 0) is 38.9 Å². The maximum Gasteiger partial charge on any atom is 0.268 e. The number of hydrazine groups is 1. The summed E-state index contributed by atoms with van der Waals surface area (Å²) in [7, 11) is 0. The molecule has 0 unspecified atom stereocenters. The number of piperidine rings is 1. The van der Waals surface area contributed by atoms with Gasteiger partial charge in [0.25, 0.3) is 5.91 Å². The monoisotopic (exact) mass is 280 g/mol. The Hall–Kier alpha value is -1.86. The first-order valence-electron chi connectivity index (χ1n) is 6.63. The van der Waals surface area contributed by atoms with Crippen molar-refractivity contribution in [1.82, 2.24) is 10.3 Å². The van der Waals surface area contributed by atoms with E-state index in [1.807, 2.05) is 0 Å². The van der Waals surface area contributed by atoms with Gasteiger partial charge in [-0.2, -0.15) is 0 Å². The number of nitrogen functional groups attached to an aromatic ring is 1. The van der Waals surface area contributed by atoms with Gasteiger partial charge in [0.1, 0.15) is 11.5 Å². The number of amides is 2. The summed E-state index contributed by atoms with van der Waals surface area (Å²) in [5.41, 5.74) is 7.85. The smallest absolute Gasteiger partial charge is 0.268 e. The zero-order chi connectivity index (χ0) is 14.7. The lowest BCUT2D eigenvalue weighted by Gasteiger charge is -2.29. The molecule has 20 heavy (non-hydrogen) atoms. The fraction of sp³-hybridized carbons (Fsp3) is 0.538. The highest BCUT2D eigenvalue weighted by atomic mass is 16.3. The van der Waals surface area contributed by atoms with Crippen molar-refractivity contribution in [3.8, 4) is 0 Å². The summed E-state index contributed by atoms with van der Waals surface area (Å²) in [4.78, 5) is 24.8. The van der Waals surface area contributed by atoms with E-state index in [9.17, 15) is 9.59 Å². The van der Waals surface area contributed by atoms with E-state index in [0.717, 1.165) is 31.7 Å². The standard InChI is InChI=1S/C13H20N4O3/c1-8-11(13(19)16-15)6-10(20-8)7-17-4-2-9(3-5-17)12(14)18/h6,9H,2-5,7,15H2,1H3,(H2,14,18)(H,16,19). The van der Waals surface area contributed by atoms with E-state index in [2.05, 4.69) is 10.3 Å². The molecule has 110 valence electrons. The van der Waals surface area contributed by atoms with Gasteiger partial charge in [-0.3, -0.25) is 19.9 Å². The van der Waals surface area contributed by atoms with Gasteiger partial charge in [0, 0.05) is 5.92 Å². The molecule has 1 aliphatic rings. The number of carbonyl (C=O) groups excluding carboxylic acids is 2. The lowest BCUT2D eigenvalue weighted by atomic mass is 9.96. The van der Waals surface area contributed by atoms with Crippen molar-refractivity contribution < 1.29 is 14.0 Å². The van der Waals surface area contributed by atoms with E-state index in [1.165, 1.54) is 0 Å². The van der Waals surface area contributed by atoms with Gasteiger partial charge in [-0.1, -0.05) is 0 Å². The average Bonchev–Trinajstić information content (AvgIpc) is 2.79. The van der Waals surface area contributed by atoms with Crippen LogP contribution in [0.2, 0.25) is 0 Å². The predicted octanol–water partition coefficient (Wildman–Crippen LogP) is -0.111. The van der Waals surface area contributed by atoms with Crippen LogP contribution in [0.5, 0.6) is 0 Å². The van der Waals surface area contributed by atoms with Crippen LogP contribution in [0.15, 0.2) is 10.5 Å². The largest absolute Gasteiger partial charge is 0.464 e. The number of likely N-dealkylation sites (tertiary alicyclic amines) is 1. The zero-order valence-corrected chi connectivity index (χ0v) is 11.5. The molecule has 0 aliphatic carbocycles. The Kier molecular flexibility index (Phi) is 4.41. The number of primary amides is 1. The molecule has 0 atom stereocenters. The number of nitrogens with zero attached hydrogens (tertiary/aromatic N) is 1. The van der Waals surface area contributed by atoms with Gasteiger partial charge in [-0.15, -0.1) is 0 Å². The van der Waals surface area contributed by atoms with E-state index in [-0.39, 0.29) is 17.7 Å². The van der Waals surface area contributed by atoms with E-state index in [0.29, 0.717) is 17.9 Å². The first kappa shape index (κ1) is 14.5. The van der Waals surface area contributed by atoms with Crippen molar-refractivity contribution in [1.29, 1.82) is 0 Å². The van der Waals surface area contributed by atoms with Crippen molar-refractivity contribution >= 4 is 11.8 Å². The van der Waals surface area contributed by atoms with Gasteiger partial charge in [0.05, 0.1) is 12.1 Å². The van der Waals surface area contributed by atoms with Crippen LogP contribution in [-0.4, -0.2) is 29.8 Å². The maximum absolute atomic E-state index is 11.5. The fourth-order valence-corrected chi connectivity index (χ4v) is 2.52. The Morgan fingerprint density at radius 3 is 2.65 bits per heavy atom. The number of nitrogens with one attached hydrogen (secondary N) is 1. The Bertz CT molecular complexity index is 504. The molecule has 7 nitrogen and oxygen atoms in total. The molecule has 1 fully saturated rings. The van der Waals surface area contributed by atoms with Crippen molar-refractivity contribution in [3.05, 3.63) is 23.2 Å². The minimum atomic E-state index is -0.357. The van der Waals surface area contributed by atoms with Gasteiger partial charge in [0.2, 0.25) is 5.91 Å². The second kappa shape index (κ2) is 6.06. The number of rotatable bonds is 4. The summed E-state index contributed by atoms with van der Waals surface area (Å²) in [5.74, 6) is 5.78. The predicted molar refractivity (Wildman–Crippen MR) is 72.3 cm³/mol. The maximum atomic E-state index is 11.5. The first-order valence-corrected chi connectivity index (χ1v) is 6.63. The third-order valence-corrected chi connectivity index (χ3v) is 3.71. The quantitative estimate of drug-likeness (QED) is 0.404. The summed E-state index contributed by atoms with van der Waals surface area (Å²) in [6.07, 6.45) is 1.54. The molecule has 2 heterocycles. The highest BCUT2D eigenvalue weighted by Crippen LogP contribution is 2.21. The molecular formula is C13H20N4O3. The molecule has 0 radical (unpaired) electrons. The first-order chi connectivity index (χ1) is 9.51. The molecule has 5 N–H and O–H groups in total. The molecule has 2 rings (SSSR count). The zero-order valence-electron chi connectivity index (χ0n) is 11.5. The Morgan fingerprint density at radius 1 is 1.45 bits per heavy atom. The number of aryl methyl sites for hydroxylation is 1. The minimum absolute atomic E-state index is 0.0248. The van der Waals surface area contributed by atoms with Crippen LogP contribution in [0.4, 0.5) is 0 Å². The summed E-state index contributed by atoms with van der Waals surface area (Å²) in [6, 6.07) is 1.71. The molecule has 0 saturated carbocycles. The topological polar surface area (TPSA) is 115 Å². The minimum Gasteiger partial charge on any atom is -0.464 e. The van der Waals surface area contributed by atoms with Crippen LogP contribution in [0.1, 0.15) is 34.7 Å². The molecular weight excluding hydrogens is 260 g/mol. The van der Waals surface area contributed by atoms with Crippen LogP contribution in [0.3, 0.4) is 0 Å². The van der Waals surface area contributed by atoms with Crippen LogP contribution < -0.4 is 17.0 Å². The average molecular weight is 280 g/mol. The van der Waals surface area contributed by atoms with Crippen molar-refractivity contribution in [2.24, 2.45) is 17.5 Å². The Balaban J connectivity index is 1.95. The third kappa shape index (κ3) is 3.17. The SMILES string of the molecule is Cc1oc(CN2CCC(C(N)=O)CC2)cc1C(=O)NN. The highest BCUT2D eigenvalue weighted by molar-refractivity contribution is 5.94. The summed E-state index contributed by atoms with van der Waals surface area (Å²) in [6.45, 7) is 3.94. The van der Waals surface area contributed by atoms with Crippen LogP contribution in [0.25, 0.3) is 0 Å². The molecule has 0 bridgehead atoms. The summed E-state index contributed by atoms with van der Waals surface area (Å²) in [5, 5.41) is 0. The molecule has 0 spiro atoms. The van der Waals surface area contributed by atoms with Gasteiger partial charge >= 0.3 is 0 Å². The molecule has 2 amide bonds. The lowest BCUT2D eigenvalue weighted by Crippen LogP contribution is -2.38. The second-order valence-corrected chi connectivity index (χ2v) is 5.11. The van der Waals surface area contributed by atoms with Gasteiger partial charge in [0.15, 0.2) is 0 Å². The third-order valence-electron chi connectivity index (χ3n) is 3.71. The van der Waals surface area contributed by atoms with E-state index < -0.39 is 0 Å². The molecule has 1 aliphatic heterocycles. The number of hydrogen-bond acceptors (Lipinski definition) is 5.